The highest BCUT2D eigenvalue weighted by Gasteiger charge is 2.32. The number of benzene rings is 1. The lowest BCUT2D eigenvalue weighted by atomic mass is 9.89. The Morgan fingerprint density at radius 2 is 1.96 bits per heavy atom. The molecule has 1 saturated carbocycles. The first-order chi connectivity index (χ1) is 11.3. The number of hydrogen-bond donors (Lipinski definition) is 0. The van der Waals surface area contributed by atoms with Crippen LogP contribution >= 0.6 is 0 Å². The minimum absolute atomic E-state index is 0.0611. The van der Waals surface area contributed by atoms with Crippen molar-refractivity contribution in [3.8, 4) is 0 Å². The van der Waals surface area contributed by atoms with Crippen LogP contribution in [0.5, 0.6) is 0 Å². The molecule has 2 aromatic heterocycles. The van der Waals surface area contributed by atoms with E-state index < -0.39 is 0 Å². The monoisotopic (exact) mass is 306 g/mol. The Kier molecular flexibility index (Phi) is 3.41. The molecule has 1 aromatic carbocycles. The van der Waals surface area contributed by atoms with Gasteiger partial charge in [0.15, 0.2) is 0 Å². The highest BCUT2D eigenvalue weighted by molar-refractivity contribution is 5.86. The van der Waals surface area contributed by atoms with Gasteiger partial charge in [0.1, 0.15) is 11.5 Å². The Hall–Kier alpha value is -2.55. The van der Waals surface area contributed by atoms with Gasteiger partial charge in [-0.2, -0.15) is 0 Å². The third-order valence-corrected chi connectivity index (χ3v) is 4.51. The number of rotatable bonds is 5. The van der Waals surface area contributed by atoms with Crippen molar-refractivity contribution < 1.29 is 8.83 Å². The van der Waals surface area contributed by atoms with E-state index in [0.717, 1.165) is 35.3 Å². The van der Waals surface area contributed by atoms with Gasteiger partial charge in [0, 0.05) is 23.8 Å². The maximum atomic E-state index is 12.3. The minimum Gasteiger partial charge on any atom is -0.469 e. The lowest BCUT2D eigenvalue weighted by Crippen LogP contribution is -2.10. The van der Waals surface area contributed by atoms with Gasteiger partial charge in [-0.1, -0.05) is 24.3 Å². The first kappa shape index (κ1) is 14.1. The maximum absolute atomic E-state index is 12.3. The molecule has 23 heavy (non-hydrogen) atoms. The molecular weight excluding hydrogens is 288 g/mol. The van der Waals surface area contributed by atoms with Gasteiger partial charge in [0.2, 0.25) is 0 Å². The first-order valence-electron chi connectivity index (χ1n) is 7.98. The minimum atomic E-state index is -0.243. The quantitative estimate of drug-likeness (QED) is 0.637. The van der Waals surface area contributed by atoms with E-state index in [1.165, 1.54) is 0 Å². The second kappa shape index (κ2) is 5.58. The van der Waals surface area contributed by atoms with E-state index in [-0.39, 0.29) is 11.5 Å². The summed E-state index contributed by atoms with van der Waals surface area (Å²) < 4.78 is 11.2. The van der Waals surface area contributed by atoms with Crippen LogP contribution in [0.1, 0.15) is 41.8 Å². The van der Waals surface area contributed by atoms with E-state index in [4.69, 9.17) is 8.83 Å². The van der Waals surface area contributed by atoms with Gasteiger partial charge in [-0.05, 0) is 36.4 Å². The summed E-state index contributed by atoms with van der Waals surface area (Å²) in [6, 6.07) is 11.5. The number of hydrogen-bond acceptors (Lipinski definition) is 3. The van der Waals surface area contributed by atoms with Crippen molar-refractivity contribution in [1.82, 2.24) is 0 Å². The van der Waals surface area contributed by atoms with E-state index in [2.05, 4.69) is 6.58 Å². The van der Waals surface area contributed by atoms with Crippen LogP contribution < -0.4 is 5.63 Å². The van der Waals surface area contributed by atoms with Crippen molar-refractivity contribution in [3.63, 3.8) is 0 Å². The summed E-state index contributed by atoms with van der Waals surface area (Å²) in [5.41, 5.74) is 0.848. The van der Waals surface area contributed by atoms with E-state index in [9.17, 15) is 4.79 Å². The molecule has 0 saturated heterocycles. The molecule has 0 N–H and O–H groups in total. The largest absolute Gasteiger partial charge is 0.469 e. The van der Waals surface area contributed by atoms with E-state index in [1.807, 2.05) is 42.5 Å². The molecule has 1 aliphatic carbocycles. The molecule has 4 rings (SSSR count). The predicted octanol–water partition coefficient (Wildman–Crippen LogP) is 4.78. The van der Waals surface area contributed by atoms with Crippen LogP contribution in [-0.2, 0) is 6.42 Å². The van der Waals surface area contributed by atoms with Gasteiger partial charge in [0.25, 0.3) is 0 Å². The van der Waals surface area contributed by atoms with E-state index >= 15 is 0 Å². The van der Waals surface area contributed by atoms with Crippen LogP contribution in [0.4, 0.5) is 0 Å². The van der Waals surface area contributed by atoms with Crippen molar-refractivity contribution in [2.24, 2.45) is 0 Å². The summed E-state index contributed by atoms with van der Waals surface area (Å²) in [6.07, 6.45) is 6.49. The summed E-state index contributed by atoms with van der Waals surface area (Å²) in [7, 11) is 0. The molecule has 0 radical (unpaired) electrons. The standard InChI is InChI=1S/C20H18O3/c1-2-13(12-15-6-5-11-22-15)18-16-7-3-4-8-17(16)20(21)23-19(18)14-9-10-14/h2-8,11,13-14H,1,9-10,12H2. The van der Waals surface area contributed by atoms with Crippen LogP contribution in [0.15, 0.2) is 68.9 Å². The zero-order valence-corrected chi connectivity index (χ0v) is 12.8. The van der Waals surface area contributed by atoms with Gasteiger partial charge in [0.05, 0.1) is 11.6 Å². The number of allylic oxidation sites excluding steroid dienone is 1. The zero-order chi connectivity index (χ0) is 15.8. The first-order valence-corrected chi connectivity index (χ1v) is 7.98. The fourth-order valence-electron chi connectivity index (χ4n) is 3.22. The van der Waals surface area contributed by atoms with Crippen LogP contribution in [0.3, 0.4) is 0 Å². The summed E-state index contributed by atoms with van der Waals surface area (Å²) in [4.78, 5) is 12.3. The Morgan fingerprint density at radius 1 is 1.17 bits per heavy atom. The Balaban J connectivity index is 1.92. The molecule has 0 spiro atoms. The molecule has 1 atom stereocenters. The van der Waals surface area contributed by atoms with Gasteiger partial charge in [-0.15, -0.1) is 6.58 Å². The predicted molar refractivity (Wildman–Crippen MR) is 89.8 cm³/mol. The number of furan rings is 1. The molecule has 1 unspecified atom stereocenters. The van der Waals surface area contributed by atoms with Crippen molar-refractivity contribution in [2.75, 3.05) is 0 Å². The highest BCUT2D eigenvalue weighted by Crippen LogP contribution is 2.45. The SMILES string of the molecule is C=CC(Cc1ccco1)c1c(C2CC2)oc(=O)c2ccccc12. The van der Waals surface area contributed by atoms with Gasteiger partial charge in [-0.25, -0.2) is 4.79 Å². The molecule has 0 aliphatic heterocycles. The van der Waals surface area contributed by atoms with E-state index in [0.29, 0.717) is 17.7 Å². The molecular formula is C20H18O3. The summed E-state index contributed by atoms with van der Waals surface area (Å²) >= 11 is 0. The topological polar surface area (TPSA) is 43.4 Å². The van der Waals surface area contributed by atoms with Crippen molar-refractivity contribution in [2.45, 2.75) is 31.1 Å². The molecule has 0 amide bonds. The molecule has 3 heteroatoms. The normalized spacial score (nSPS) is 15.7. The van der Waals surface area contributed by atoms with Crippen LogP contribution in [0, 0.1) is 0 Å². The lowest BCUT2D eigenvalue weighted by Gasteiger charge is -2.17. The van der Waals surface area contributed by atoms with Gasteiger partial charge in [-0.3, -0.25) is 0 Å². The van der Waals surface area contributed by atoms with Crippen LogP contribution in [-0.4, -0.2) is 0 Å². The summed E-state index contributed by atoms with van der Waals surface area (Å²) in [5.74, 6) is 2.17. The summed E-state index contributed by atoms with van der Waals surface area (Å²) in [6.45, 7) is 4.01. The average molecular weight is 306 g/mol. The highest BCUT2D eigenvalue weighted by atomic mass is 16.4. The maximum Gasteiger partial charge on any atom is 0.343 e. The molecule has 116 valence electrons. The third kappa shape index (κ3) is 2.52. The third-order valence-electron chi connectivity index (χ3n) is 4.51. The fourth-order valence-corrected chi connectivity index (χ4v) is 3.22. The Labute approximate surface area is 134 Å². The van der Waals surface area contributed by atoms with Crippen molar-refractivity contribution in [1.29, 1.82) is 0 Å². The van der Waals surface area contributed by atoms with Gasteiger partial charge < -0.3 is 8.83 Å². The van der Waals surface area contributed by atoms with Crippen LogP contribution in [0.25, 0.3) is 10.8 Å². The molecule has 1 fully saturated rings. The van der Waals surface area contributed by atoms with Crippen molar-refractivity contribution in [3.05, 3.63) is 82.8 Å². The molecule has 3 aromatic rings. The van der Waals surface area contributed by atoms with Gasteiger partial charge >= 0.3 is 5.63 Å². The second-order valence-corrected chi connectivity index (χ2v) is 6.11. The van der Waals surface area contributed by atoms with E-state index in [1.54, 1.807) is 6.26 Å². The Bertz CT molecular complexity index is 898. The number of fused-ring (bicyclic) bond motifs is 1. The average Bonchev–Trinajstić information content (AvgIpc) is 3.30. The summed E-state index contributed by atoms with van der Waals surface area (Å²) in [5, 5.41) is 1.61. The molecule has 0 bridgehead atoms. The van der Waals surface area contributed by atoms with Crippen molar-refractivity contribution >= 4 is 10.8 Å². The Morgan fingerprint density at radius 3 is 2.61 bits per heavy atom. The second-order valence-electron chi connectivity index (χ2n) is 6.11. The molecule has 3 nitrogen and oxygen atoms in total. The zero-order valence-electron chi connectivity index (χ0n) is 12.8. The smallest absolute Gasteiger partial charge is 0.343 e. The molecule has 2 heterocycles. The molecule has 1 aliphatic rings. The fraction of sp³-hybridized carbons (Fsp3) is 0.250. The lowest BCUT2D eigenvalue weighted by molar-refractivity contribution is 0.453. The van der Waals surface area contributed by atoms with Crippen LogP contribution in [0.2, 0.25) is 0 Å².